The first-order valence-corrected chi connectivity index (χ1v) is 9.11. The Labute approximate surface area is 151 Å². The van der Waals surface area contributed by atoms with Crippen LogP contribution in [-0.2, 0) is 6.54 Å². The summed E-state index contributed by atoms with van der Waals surface area (Å²) in [4.78, 5) is 4.67. The van der Waals surface area contributed by atoms with Gasteiger partial charge in [-0.15, -0.1) is 10.2 Å². The lowest BCUT2D eigenvalue weighted by molar-refractivity contribution is 0.609. The van der Waals surface area contributed by atoms with Gasteiger partial charge in [0.15, 0.2) is 5.96 Å². The second-order valence-corrected chi connectivity index (χ2v) is 6.41. The molecule has 1 atom stereocenters. The predicted molar refractivity (Wildman–Crippen MR) is 101 cm³/mol. The number of nitrogens with zero attached hydrogens (tertiary/aromatic N) is 4. The van der Waals surface area contributed by atoms with Gasteiger partial charge in [-0.25, -0.2) is 0 Å². The number of hydrogen-bond donors (Lipinski definition) is 2. The second kappa shape index (κ2) is 10.1. The Kier molecular flexibility index (Phi) is 7.74. The number of aromatic nitrogens is 3. The molecule has 0 saturated heterocycles. The Morgan fingerprint density at radius 2 is 2.00 bits per heavy atom. The third kappa shape index (κ3) is 5.96. The van der Waals surface area contributed by atoms with Gasteiger partial charge < -0.3 is 15.2 Å². The summed E-state index contributed by atoms with van der Waals surface area (Å²) in [5, 5.41) is 14.4. The maximum absolute atomic E-state index is 4.67. The van der Waals surface area contributed by atoms with Crippen LogP contribution in [0.5, 0.6) is 0 Å². The minimum Gasteiger partial charge on any atom is -0.357 e. The fourth-order valence-corrected chi connectivity index (χ4v) is 2.99. The van der Waals surface area contributed by atoms with Crippen molar-refractivity contribution >= 4 is 21.9 Å². The molecule has 0 spiro atoms. The normalized spacial score (nSPS) is 12.9. The highest BCUT2D eigenvalue weighted by molar-refractivity contribution is 9.10. The summed E-state index contributed by atoms with van der Waals surface area (Å²) in [5.41, 5.74) is 1.22. The molecular weight excluding hydrogens is 368 g/mol. The number of aryl methyl sites for hydroxylation is 1. The van der Waals surface area contributed by atoms with Gasteiger partial charge in [0.05, 0.1) is 6.04 Å². The van der Waals surface area contributed by atoms with E-state index in [0.717, 1.165) is 42.9 Å². The fraction of sp³-hybridized carbons (Fsp3) is 0.471. The van der Waals surface area contributed by atoms with Crippen molar-refractivity contribution in [3.05, 3.63) is 47.0 Å². The number of rotatable bonds is 8. The highest BCUT2D eigenvalue weighted by Gasteiger charge is 2.10. The summed E-state index contributed by atoms with van der Waals surface area (Å²) in [6, 6.07) is 8.42. The van der Waals surface area contributed by atoms with Crippen molar-refractivity contribution in [3.8, 4) is 0 Å². The van der Waals surface area contributed by atoms with Crippen molar-refractivity contribution in [2.75, 3.05) is 13.1 Å². The molecule has 0 fully saturated rings. The fourth-order valence-electron chi connectivity index (χ4n) is 2.36. The molecular formula is C17H25BrN6. The Hall–Kier alpha value is -1.89. The van der Waals surface area contributed by atoms with Crippen LogP contribution in [0.25, 0.3) is 0 Å². The van der Waals surface area contributed by atoms with E-state index in [0.29, 0.717) is 0 Å². The zero-order valence-corrected chi connectivity index (χ0v) is 15.8. The third-order valence-electron chi connectivity index (χ3n) is 3.63. The summed E-state index contributed by atoms with van der Waals surface area (Å²) in [5.74, 6) is 0.852. The number of hydrogen-bond acceptors (Lipinski definition) is 3. The van der Waals surface area contributed by atoms with Gasteiger partial charge in [-0.05, 0) is 38.3 Å². The van der Waals surface area contributed by atoms with Crippen molar-refractivity contribution in [2.24, 2.45) is 4.99 Å². The van der Waals surface area contributed by atoms with Crippen LogP contribution in [0.15, 0.2) is 46.4 Å². The molecule has 6 nitrogen and oxygen atoms in total. The molecule has 7 heteroatoms. The van der Waals surface area contributed by atoms with E-state index in [2.05, 4.69) is 67.7 Å². The lowest BCUT2D eigenvalue weighted by Gasteiger charge is -2.19. The Balaban J connectivity index is 1.82. The SMILES string of the molecule is CCNC(=NCCCCn1cnnc1)NC(C)c1ccccc1Br. The van der Waals surface area contributed by atoms with Crippen LogP contribution in [0.1, 0.15) is 38.3 Å². The second-order valence-electron chi connectivity index (χ2n) is 5.56. The van der Waals surface area contributed by atoms with Crippen LogP contribution >= 0.6 is 15.9 Å². The zero-order valence-electron chi connectivity index (χ0n) is 14.2. The minimum absolute atomic E-state index is 0.176. The highest BCUT2D eigenvalue weighted by atomic mass is 79.9. The van der Waals surface area contributed by atoms with Crippen LogP contribution < -0.4 is 10.6 Å². The molecule has 0 saturated carbocycles. The summed E-state index contributed by atoms with van der Waals surface area (Å²) >= 11 is 3.61. The Morgan fingerprint density at radius 1 is 1.25 bits per heavy atom. The first kappa shape index (κ1) is 18.4. The molecule has 2 N–H and O–H groups in total. The molecule has 2 rings (SSSR count). The van der Waals surface area contributed by atoms with E-state index >= 15 is 0 Å². The summed E-state index contributed by atoms with van der Waals surface area (Å²) in [6.45, 7) is 6.78. The van der Waals surface area contributed by atoms with Gasteiger partial charge >= 0.3 is 0 Å². The van der Waals surface area contributed by atoms with Gasteiger partial charge in [-0.3, -0.25) is 4.99 Å². The van der Waals surface area contributed by atoms with Gasteiger partial charge in [0, 0.05) is 24.1 Å². The number of unbranched alkanes of at least 4 members (excludes halogenated alkanes) is 1. The van der Waals surface area contributed by atoms with Crippen molar-refractivity contribution in [1.82, 2.24) is 25.4 Å². The van der Waals surface area contributed by atoms with E-state index in [1.54, 1.807) is 12.7 Å². The molecule has 24 heavy (non-hydrogen) atoms. The van der Waals surface area contributed by atoms with Gasteiger partial charge in [0.1, 0.15) is 12.7 Å². The van der Waals surface area contributed by atoms with Crippen LogP contribution in [0.4, 0.5) is 0 Å². The molecule has 1 aromatic heterocycles. The molecule has 1 aromatic carbocycles. The lowest BCUT2D eigenvalue weighted by Crippen LogP contribution is -2.38. The van der Waals surface area contributed by atoms with Crippen molar-refractivity contribution in [2.45, 2.75) is 39.3 Å². The third-order valence-corrected chi connectivity index (χ3v) is 4.35. The topological polar surface area (TPSA) is 67.1 Å². The van der Waals surface area contributed by atoms with Crippen LogP contribution in [0, 0.1) is 0 Å². The molecule has 0 aliphatic carbocycles. The average molecular weight is 393 g/mol. The van der Waals surface area contributed by atoms with E-state index in [1.807, 2.05) is 16.7 Å². The first-order chi connectivity index (χ1) is 11.7. The Bertz CT molecular complexity index is 626. The van der Waals surface area contributed by atoms with Crippen molar-refractivity contribution in [1.29, 1.82) is 0 Å². The number of aliphatic imine (C=N–C) groups is 1. The number of guanidine groups is 1. The zero-order chi connectivity index (χ0) is 17.2. The summed E-state index contributed by atoms with van der Waals surface area (Å²) in [6.07, 6.45) is 5.57. The number of benzene rings is 1. The maximum atomic E-state index is 4.67. The van der Waals surface area contributed by atoms with E-state index in [9.17, 15) is 0 Å². The molecule has 1 unspecified atom stereocenters. The average Bonchev–Trinajstić information content (AvgIpc) is 3.08. The standard InChI is InChI=1S/C17H25BrN6/c1-3-19-17(20-10-6-7-11-24-12-21-22-13-24)23-14(2)15-8-4-5-9-16(15)18/h4-5,8-9,12-14H,3,6-7,10-11H2,1-2H3,(H2,19,20,23). The van der Waals surface area contributed by atoms with Crippen molar-refractivity contribution in [3.63, 3.8) is 0 Å². The largest absolute Gasteiger partial charge is 0.357 e. The van der Waals surface area contributed by atoms with Crippen LogP contribution in [0.2, 0.25) is 0 Å². The smallest absolute Gasteiger partial charge is 0.191 e. The van der Waals surface area contributed by atoms with Gasteiger partial charge in [0.2, 0.25) is 0 Å². The molecule has 0 aliphatic rings. The first-order valence-electron chi connectivity index (χ1n) is 8.32. The highest BCUT2D eigenvalue weighted by Crippen LogP contribution is 2.22. The van der Waals surface area contributed by atoms with E-state index in [4.69, 9.17) is 0 Å². The summed E-state index contributed by atoms with van der Waals surface area (Å²) in [7, 11) is 0. The summed E-state index contributed by atoms with van der Waals surface area (Å²) < 4.78 is 3.09. The molecule has 0 amide bonds. The Morgan fingerprint density at radius 3 is 2.71 bits per heavy atom. The molecule has 0 bridgehead atoms. The number of halogens is 1. The van der Waals surface area contributed by atoms with Crippen LogP contribution in [-0.4, -0.2) is 33.8 Å². The van der Waals surface area contributed by atoms with Gasteiger partial charge in [-0.2, -0.15) is 0 Å². The maximum Gasteiger partial charge on any atom is 0.191 e. The molecule has 0 aliphatic heterocycles. The van der Waals surface area contributed by atoms with E-state index in [-0.39, 0.29) is 6.04 Å². The molecule has 0 radical (unpaired) electrons. The molecule has 1 heterocycles. The van der Waals surface area contributed by atoms with Gasteiger partial charge in [-0.1, -0.05) is 34.1 Å². The monoisotopic (exact) mass is 392 g/mol. The van der Waals surface area contributed by atoms with Gasteiger partial charge in [0.25, 0.3) is 0 Å². The predicted octanol–water partition coefficient (Wildman–Crippen LogP) is 3.14. The van der Waals surface area contributed by atoms with E-state index in [1.165, 1.54) is 5.56 Å². The van der Waals surface area contributed by atoms with Crippen molar-refractivity contribution < 1.29 is 0 Å². The van der Waals surface area contributed by atoms with E-state index < -0.39 is 0 Å². The quantitative estimate of drug-likeness (QED) is 0.411. The molecule has 2 aromatic rings. The minimum atomic E-state index is 0.176. The number of nitrogens with one attached hydrogen (secondary N) is 2. The lowest BCUT2D eigenvalue weighted by atomic mass is 10.1. The van der Waals surface area contributed by atoms with Crippen LogP contribution in [0.3, 0.4) is 0 Å². The molecule has 130 valence electrons.